The summed E-state index contributed by atoms with van der Waals surface area (Å²) in [7, 11) is 0. The quantitative estimate of drug-likeness (QED) is 0.335. The van der Waals surface area contributed by atoms with E-state index in [0.717, 1.165) is 5.56 Å². The molecular formula is C26H29NO6S. The predicted octanol–water partition coefficient (Wildman–Crippen LogP) is 6.04. The van der Waals surface area contributed by atoms with Crippen LogP contribution in [0.1, 0.15) is 48.4 Å². The molecular weight excluding hydrogens is 454 g/mol. The first-order chi connectivity index (χ1) is 16.5. The zero-order chi connectivity index (χ0) is 24.5. The molecule has 0 atom stereocenters. The number of thiophene rings is 1. The third kappa shape index (κ3) is 5.69. The molecule has 0 aliphatic heterocycles. The minimum absolute atomic E-state index is 0.227. The van der Waals surface area contributed by atoms with E-state index >= 15 is 0 Å². The number of ether oxygens (including phenoxy) is 4. The first kappa shape index (κ1) is 25.1. The molecule has 3 rings (SSSR count). The summed E-state index contributed by atoms with van der Waals surface area (Å²) in [6.07, 6.45) is 0. The van der Waals surface area contributed by atoms with Gasteiger partial charge in [-0.1, -0.05) is 30.3 Å². The van der Waals surface area contributed by atoms with Gasteiger partial charge in [0.1, 0.15) is 10.6 Å². The number of anilines is 1. The largest absolute Gasteiger partial charge is 0.490 e. The molecule has 1 amide bonds. The smallest absolute Gasteiger partial charge is 0.341 e. The highest BCUT2D eigenvalue weighted by Crippen LogP contribution is 2.40. The molecule has 0 saturated carbocycles. The molecule has 0 fully saturated rings. The van der Waals surface area contributed by atoms with Crippen molar-refractivity contribution >= 4 is 28.2 Å². The second kappa shape index (κ2) is 12.1. The molecule has 1 aromatic heterocycles. The zero-order valence-electron chi connectivity index (χ0n) is 19.8. The van der Waals surface area contributed by atoms with E-state index in [1.54, 1.807) is 19.1 Å². The van der Waals surface area contributed by atoms with Crippen LogP contribution < -0.4 is 19.5 Å². The number of hydrogen-bond donors (Lipinski definition) is 1. The number of amides is 1. The van der Waals surface area contributed by atoms with Crippen molar-refractivity contribution in [2.45, 2.75) is 27.7 Å². The lowest BCUT2D eigenvalue weighted by atomic mass is 10.0. The summed E-state index contributed by atoms with van der Waals surface area (Å²) < 4.78 is 22.4. The molecule has 1 N–H and O–H groups in total. The van der Waals surface area contributed by atoms with E-state index in [-0.39, 0.29) is 6.61 Å². The van der Waals surface area contributed by atoms with E-state index in [2.05, 4.69) is 5.32 Å². The van der Waals surface area contributed by atoms with Crippen LogP contribution in [-0.4, -0.2) is 38.3 Å². The summed E-state index contributed by atoms with van der Waals surface area (Å²) in [5.74, 6) is 0.397. The highest BCUT2D eigenvalue weighted by molar-refractivity contribution is 7.15. The van der Waals surface area contributed by atoms with Gasteiger partial charge in [-0.15, -0.1) is 11.3 Å². The molecule has 3 aromatic rings. The Morgan fingerprint density at radius 3 is 2.03 bits per heavy atom. The summed E-state index contributed by atoms with van der Waals surface area (Å²) in [4.78, 5) is 26.1. The molecule has 0 radical (unpaired) electrons. The fraction of sp³-hybridized carbons (Fsp3) is 0.308. The van der Waals surface area contributed by atoms with Crippen LogP contribution in [0.15, 0.2) is 47.8 Å². The molecule has 180 valence electrons. The Labute approximate surface area is 203 Å². The Bertz CT molecular complexity index is 1100. The van der Waals surface area contributed by atoms with Crippen molar-refractivity contribution in [2.75, 3.05) is 31.7 Å². The average Bonchev–Trinajstić information content (AvgIpc) is 3.25. The first-order valence-corrected chi connectivity index (χ1v) is 12.1. The van der Waals surface area contributed by atoms with E-state index in [9.17, 15) is 9.59 Å². The van der Waals surface area contributed by atoms with Gasteiger partial charge in [-0.25, -0.2) is 4.79 Å². The summed E-state index contributed by atoms with van der Waals surface area (Å²) in [6.45, 7) is 8.76. The van der Waals surface area contributed by atoms with Crippen LogP contribution in [0.2, 0.25) is 0 Å². The van der Waals surface area contributed by atoms with Gasteiger partial charge in [0, 0.05) is 16.5 Å². The average molecular weight is 484 g/mol. The molecule has 0 aliphatic carbocycles. The van der Waals surface area contributed by atoms with Crippen molar-refractivity contribution in [1.82, 2.24) is 0 Å². The fourth-order valence-corrected chi connectivity index (χ4v) is 4.33. The molecule has 0 bridgehead atoms. The first-order valence-electron chi connectivity index (χ1n) is 11.3. The van der Waals surface area contributed by atoms with Gasteiger partial charge in [0.2, 0.25) is 5.75 Å². The molecule has 1 heterocycles. The molecule has 0 spiro atoms. The van der Waals surface area contributed by atoms with Crippen LogP contribution in [0, 0.1) is 0 Å². The van der Waals surface area contributed by atoms with Gasteiger partial charge in [0.15, 0.2) is 11.5 Å². The molecule has 0 saturated heterocycles. The maximum absolute atomic E-state index is 13.3. The third-order valence-corrected chi connectivity index (χ3v) is 5.65. The van der Waals surface area contributed by atoms with Gasteiger partial charge < -0.3 is 24.3 Å². The van der Waals surface area contributed by atoms with Crippen LogP contribution in [0.4, 0.5) is 5.00 Å². The van der Waals surface area contributed by atoms with Crippen LogP contribution >= 0.6 is 11.3 Å². The summed E-state index contributed by atoms with van der Waals surface area (Å²) in [6, 6.07) is 12.7. The summed E-state index contributed by atoms with van der Waals surface area (Å²) >= 11 is 1.27. The SMILES string of the molecule is CCOC(=O)c1c(-c2ccccc2)csc1NC(=O)c1cc(OCC)c(OCC)c(OCC)c1. The van der Waals surface area contributed by atoms with Crippen molar-refractivity contribution in [3.05, 3.63) is 59.0 Å². The van der Waals surface area contributed by atoms with E-state index in [1.807, 2.05) is 56.5 Å². The number of nitrogens with one attached hydrogen (secondary N) is 1. The topological polar surface area (TPSA) is 83.1 Å². The summed E-state index contributed by atoms with van der Waals surface area (Å²) in [5, 5.41) is 5.12. The number of hydrogen-bond acceptors (Lipinski definition) is 7. The Morgan fingerprint density at radius 2 is 1.47 bits per heavy atom. The monoisotopic (exact) mass is 483 g/mol. The number of carbonyl (C=O) groups excluding carboxylic acids is 2. The highest BCUT2D eigenvalue weighted by atomic mass is 32.1. The van der Waals surface area contributed by atoms with Gasteiger partial charge in [-0.3, -0.25) is 4.79 Å². The van der Waals surface area contributed by atoms with Crippen LogP contribution in [0.25, 0.3) is 11.1 Å². The van der Waals surface area contributed by atoms with Crippen LogP contribution in [-0.2, 0) is 4.74 Å². The van der Waals surface area contributed by atoms with Gasteiger partial charge in [-0.05, 0) is 45.4 Å². The van der Waals surface area contributed by atoms with Gasteiger partial charge in [0.05, 0.1) is 26.4 Å². The van der Waals surface area contributed by atoms with E-state index in [1.165, 1.54) is 11.3 Å². The highest BCUT2D eigenvalue weighted by Gasteiger charge is 2.24. The van der Waals surface area contributed by atoms with Crippen molar-refractivity contribution in [1.29, 1.82) is 0 Å². The minimum Gasteiger partial charge on any atom is -0.490 e. The standard InChI is InChI=1S/C26H29NO6S/c1-5-30-20-14-18(15-21(31-6-2)23(20)32-7-3)24(28)27-25-22(26(29)33-8-4)19(16-34-25)17-12-10-9-11-13-17/h9-16H,5-8H2,1-4H3,(H,27,28). The normalized spacial score (nSPS) is 10.5. The lowest BCUT2D eigenvalue weighted by Gasteiger charge is -2.17. The Balaban J connectivity index is 2.00. The summed E-state index contributed by atoms with van der Waals surface area (Å²) in [5.41, 5.74) is 2.21. The Morgan fingerprint density at radius 1 is 0.853 bits per heavy atom. The maximum atomic E-state index is 13.3. The fourth-order valence-electron chi connectivity index (χ4n) is 3.38. The lowest BCUT2D eigenvalue weighted by Crippen LogP contribution is -2.15. The van der Waals surface area contributed by atoms with Gasteiger partial charge >= 0.3 is 5.97 Å². The Kier molecular flexibility index (Phi) is 8.93. The Hall–Kier alpha value is -3.52. The van der Waals surface area contributed by atoms with Crippen LogP contribution in [0.5, 0.6) is 17.2 Å². The molecule has 0 aliphatic rings. The third-order valence-electron chi connectivity index (χ3n) is 4.75. The van der Waals surface area contributed by atoms with E-state index in [4.69, 9.17) is 18.9 Å². The maximum Gasteiger partial charge on any atom is 0.341 e. The van der Waals surface area contributed by atoms with E-state index < -0.39 is 11.9 Å². The molecule has 7 nitrogen and oxygen atoms in total. The van der Waals surface area contributed by atoms with Crippen LogP contribution in [0.3, 0.4) is 0 Å². The molecule has 0 unspecified atom stereocenters. The molecule has 2 aromatic carbocycles. The van der Waals surface area contributed by atoms with Gasteiger partial charge in [-0.2, -0.15) is 0 Å². The van der Waals surface area contributed by atoms with Crippen molar-refractivity contribution in [3.63, 3.8) is 0 Å². The number of carbonyl (C=O) groups is 2. The van der Waals surface area contributed by atoms with Crippen molar-refractivity contribution < 1.29 is 28.5 Å². The molecule has 34 heavy (non-hydrogen) atoms. The lowest BCUT2D eigenvalue weighted by molar-refractivity contribution is 0.0529. The van der Waals surface area contributed by atoms with Gasteiger partial charge in [0.25, 0.3) is 5.91 Å². The van der Waals surface area contributed by atoms with Crippen molar-refractivity contribution in [3.8, 4) is 28.4 Å². The minimum atomic E-state index is -0.491. The second-order valence-electron chi connectivity index (χ2n) is 6.99. The van der Waals surface area contributed by atoms with E-state index in [0.29, 0.717) is 58.8 Å². The number of benzene rings is 2. The second-order valence-corrected chi connectivity index (χ2v) is 7.87. The predicted molar refractivity (Wildman–Crippen MR) is 134 cm³/mol. The number of rotatable bonds is 11. The number of esters is 1. The van der Waals surface area contributed by atoms with Crippen molar-refractivity contribution in [2.24, 2.45) is 0 Å². The molecule has 8 heteroatoms. The zero-order valence-corrected chi connectivity index (χ0v) is 20.6.